The normalized spacial score (nSPS) is 48.3. The van der Waals surface area contributed by atoms with Crippen molar-refractivity contribution >= 4 is 5.78 Å². The van der Waals surface area contributed by atoms with Crippen molar-refractivity contribution in [2.24, 2.45) is 17.3 Å². The van der Waals surface area contributed by atoms with Gasteiger partial charge in [-0.2, -0.15) is 0 Å². The third-order valence-electron chi connectivity index (χ3n) is 4.71. The molecule has 0 aromatic carbocycles. The van der Waals surface area contributed by atoms with Crippen LogP contribution in [0.4, 0.5) is 0 Å². The molecule has 0 aromatic rings. The lowest BCUT2D eigenvalue weighted by atomic mass is 9.75. The molecule has 3 saturated carbocycles. The van der Waals surface area contributed by atoms with E-state index in [2.05, 4.69) is 6.58 Å². The molecule has 3 aliphatic carbocycles. The molecule has 3 fully saturated rings. The lowest BCUT2D eigenvalue weighted by molar-refractivity contribution is -0.119. The maximum Gasteiger partial charge on any atom is 0.162 e. The Balaban J connectivity index is 2.10. The zero-order valence-electron chi connectivity index (χ0n) is 8.01. The van der Waals surface area contributed by atoms with Gasteiger partial charge in [0.05, 0.1) is 0 Å². The van der Waals surface area contributed by atoms with Crippen molar-refractivity contribution in [3.05, 3.63) is 12.2 Å². The van der Waals surface area contributed by atoms with Crippen LogP contribution >= 0.6 is 0 Å². The lowest BCUT2D eigenvalue weighted by Crippen LogP contribution is -2.23. The first kappa shape index (κ1) is 7.78. The minimum absolute atomic E-state index is 0.382. The van der Waals surface area contributed by atoms with Crippen molar-refractivity contribution in [1.29, 1.82) is 0 Å². The van der Waals surface area contributed by atoms with Crippen LogP contribution in [0.1, 0.15) is 38.5 Å². The van der Waals surface area contributed by atoms with Gasteiger partial charge in [-0.05, 0) is 42.6 Å². The van der Waals surface area contributed by atoms with Crippen molar-refractivity contribution in [2.75, 3.05) is 0 Å². The molecule has 1 nitrogen and oxygen atoms in total. The molecule has 0 aliphatic heterocycles. The van der Waals surface area contributed by atoms with Gasteiger partial charge in [0.1, 0.15) is 0 Å². The third kappa shape index (κ3) is 0.722. The van der Waals surface area contributed by atoms with E-state index in [1.165, 1.54) is 32.1 Å². The Labute approximate surface area is 79.2 Å². The summed E-state index contributed by atoms with van der Waals surface area (Å²) in [6, 6.07) is 0. The molecule has 70 valence electrons. The minimum atomic E-state index is 0.382. The Hall–Kier alpha value is -0.590. The van der Waals surface area contributed by atoms with Crippen LogP contribution in [-0.2, 0) is 4.79 Å². The van der Waals surface area contributed by atoms with Crippen molar-refractivity contribution in [3.63, 3.8) is 0 Å². The predicted octanol–water partition coefficient (Wildman–Crippen LogP) is 2.71. The van der Waals surface area contributed by atoms with E-state index in [1.807, 2.05) is 0 Å². The van der Waals surface area contributed by atoms with Gasteiger partial charge >= 0.3 is 0 Å². The maximum absolute atomic E-state index is 11.9. The highest BCUT2D eigenvalue weighted by Gasteiger charge is 2.60. The average Bonchev–Trinajstić information content (AvgIpc) is 2.75. The lowest BCUT2D eigenvalue weighted by Gasteiger charge is -2.27. The summed E-state index contributed by atoms with van der Waals surface area (Å²) in [6.07, 6.45) is 7.59. The van der Waals surface area contributed by atoms with Crippen LogP contribution in [0.25, 0.3) is 0 Å². The number of carbonyl (C=O) groups is 1. The quantitative estimate of drug-likeness (QED) is 0.519. The first-order chi connectivity index (χ1) is 6.26. The smallest absolute Gasteiger partial charge is 0.162 e. The molecule has 0 amide bonds. The summed E-state index contributed by atoms with van der Waals surface area (Å²) in [7, 11) is 0. The molecule has 0 unspecified atom stereocenters. The highest BCUT2D eigenvalue weighted by atomic mass is 16.1. The van der Waals surface area contributed by atoms with Gasteiger partial charge in [-0.15, -0.1) is 0 Å². The van der Waals surface area contributed by atoms with Crippen LogP contribution in [0.2, 0.25) is 0 Å². The Morgan fingerprint density at radius 2 is 1.77 bits per heavy atom. The van der Waals surface area contributed by atoms with Gasteiger partial charge < -0.3 is 0 Å². The Bertz CT molecular complexity index is 259. The summed E-state index contributed by atoms with van der Waals surface area (Å²) >= 11 is 0. The number of rotatable bonds is 0. The SMILES string of the molecule is C=C1C(=O)[C@@H]2CCC[C@@]23CCC[C@@H]13. The molecule has 0 bridgehead atoms. The number of Topliss-reactive ketones (excluding diaryl/α,β-unsaturated/α-hetero) is 1. The molecule has 0 radical (unpaired) electrons. The largest absolute Gasteiger partial charge is 0.294 e. The first-order valence-corrected chi connectivity index (χ1v) is 5.49. The fraction of sp³-hybridized carbons (Fsp3) is 0.750. The molecule has 3 aliphatic rings. The van der Waals surface area contributed by atoms with Crippen molar-refractivity contribution in [1.82, 2.24) is 0 Å². The van der Waals surface area contributed by atoms with E-state index >= 15 is 0 Å². The Morgan fingerprint density at radius 3 is 2.46 bits per heavy atom. The molecule has 0 N–H and O–H groups in total. The molecular formula is C12H16O. The van der Waals surface area contributed by atoms with E-state index < -0.39 is 0 Å². The molecule has 1 spiro atoms. The number of ketones is 1. The summed E-state index contributed by atoms with van der Waals surface area (Å²) in [6.45, 7) is 4.01. The summed E-state index contributed by atoms with van der Waals surface area (Å²) in [4.78, 5) is 11.9. The topological polar surface area (TPSA) is 17.1 Å². The zero-order chi connectivity index (χ0) is 9.05. The molecule has 3 rings (SSSR count). The van der Waals surface area contributed by atoms with E-state index in [-0.39, 0.29) is 0 Å². The van der Waals surface area contributed by atoms with Gasteiger partial charge in [-0.1, -0.05) is 19.4 Å². The standard InChI is InChI=1S/C12H16O/c1-8-9-4-2-6-12(9)7-3-5-10(12)11(8)13/h9-10H,1-7H2/t9-,10-,12+/m0/s1. The van der Waals surface area contributed by atoms with Crippen LogP contribution in [0, 0.1) is 17.3 Å². The van der Waals surface area contributed by atoms with Gasteiger partial charge in [0.15, 0.2) is 5.78 Å². The zero-order valence-corrected chi connectivity index (χ0v) is 8.01. The number of hydrogen-bond donors (Lipinski definition) is 0. The monoisotopic (exact) mass is 176 g/mol. The average molecular weight is 176 g/mol. The van der Waals surface area contributed by atoms with Crippen molar-refractivity contribution in [3.8, 4) is 0 Å². The number of carbonyl (C=O) groups excluding carboxylic acids is 1. The second kappa shape index (κ2) is 2.26. The minimum Gasteiger partial charge on any atom is -0.294 e. The third-order valence-corrected chi connectivity index (χ3v) is 4.71. The molecule has 3 atom stereocenters. The molecule has 0 aromatic heterocycles. The van der Waals surface area contributed by atoms with Gasteiger partial charge in [0.25, 0.3) is 0 Å². The van der Waals surface area contributed by atoms with Crippen LogP contribution in [0.5, 0.6) is 0 Å². The van der Waals surface area contributed by atoms with Crippen molar-refractivity contribution < 1.29 is 4.79 Å². The van der Waals surface area contributed by atoms with Crippen molar-refractivity contribution in [2.45, 2.75) is 38.5 Å². The predicted molar refractivity (Wildman–Crippen MR) is 51.3 cm³/mol. The summed E-state index contributed by atoms with van der Waals surface area (Å²) in [5.74, 6) is 1.38. The Kier molecular flexibility index (Phi) is 1.35. The van der Waals surface area contributed by atoms with Gasteiger partial charge in [0.2, 0.25) is 0 Å². The van der Waals surface area contributed by atoms with E-state index in [4.69, 9.17) is 0 Å². The number of allylic oxidation sites excluding steroid dienone is 1. The molecular weight excluding hydrogens is 160 g/mol. The second-order valence-electron chi connectivity index (χ2n) is 5.01. The van der Waals surface area contributed by atoms with E-state index in [0.717, 1.165) is 12.0 Å². The molecule has 13 heavy (non-hydrogen) atoms. The molecule has 1 heteroatoms. The maximum atomic E-state index is 11.9. The van der Waals surface area contributed by atoms with E-state index in [0.29, 0.717) is 23.0 Å². The van der Waals surface area contributed by atoms with Gasteiger partial charge in [-0.25, -0.2) is 0 Å². The van der Waals surface area contributed by atoms with Gasteiger partial charge in [-0.3, -0.25) is 4.79 Å². The van der Waals surface area contributed by atoms with Crippen LogP contribution in [0.3, 0.4) is 0 Å². The summed E-state index contributed by atoms with van der Waals surface area (Å²) < 4.78 is 0. The fourth-order valence-electron chi connectivity index (χ4n) is 4.22. The van der Waals surface area contributed by atoms with Crippen LogP contribution in [-0.4, -0.2) is 5.78 Å². The van der Waals surface area contributed by atoms with Gasteiger partial charge in [0, 0.05) is 5.92 Å². The van der Waals surface area contributed by atoms with E-state index in [1.54, 1.807) is 0 Å². The fourth-order valence-corrected chi connectivity index (χ4v) is 4.22. The summed E-state index contributed by atoms with van der Waals surface area (Å²) in [5, 5.41) is 0. The highest BCUT2D eigenvalue weighted by molar-refractivity contribution is 6.01. The molecule has 0 heterocycles. The first-order valence-electron chi connectivity index (χ1n) is 5.49. The highest BCUT2D eigenvalue weighted by Crippen LogP contribution is 2.64. The Morgan fingerprint density at radius 1 is 1.15 bits per heavy atom. The van der Waals surface area contributed by atoms with E-state index in [9.17, 15) is 4.79 Å². The summed E-state index contributed by atoms with van der Waals surface area (Å²) in [5.41, 5.74) is 1.39. The van der Waals surface area contributed by atoms with Crippen LogP contribution < -0.4 is 0 Å². The second-order valence-corrected chi connectivity index (χ2v) is 5.01. The molecule has 0 saturated heterocycles. The number of hydrogen-bond acceptors (Lipinski definition) is 1. The van der Waals surface area contributed by atoms with Crippen LogP contribution in [0.15, 0.2) is 12.2 Å².